The summed E-state index contributed by atoms with van der Waals surface area (Å²) in [5.41, 5.74) is 6.64. The van der Waals surface area contributed by atoms with Crippen LogP contribution in [-0.2, 0) is 0 Å². The molecule has 0 bridgehead atoms. The van der Waals surface area contributed by atoms with Gasteiger partial charge in [-0.2, -0.15) is 0 Å². The lowest BCUT2D eigenvalue weighted by Crippen LogP contribution is -2.52. The summed E-state index contributed by atoms with van der Waals surface area (Å²) in [7, 11) is 1.54. The van der Waals surface area contributed by atoms with Gasteiger partial charge in [-0.1, -0.05) is 0 Å². The van der Waals surface area contributed by atoms with Crippen molar-refractivity contribution in [2.75, 3.05) is 25.9 Å². The van der Waals surface area contributed by atoms with Crippen LogP contribution in [0.1, 0.15) is 30.1 Å². The van der Waals surface area contributed by atoms with Crippen LogP contribution in [0.3, 0.4) is 0 Å². The number of hydrogen-bond acceptors (Lipinski definition) is 4. The molecular weight excluding hydrogens is 242 g/mol. The minimum atomic E-state index is -0.158. The first-order chi connectivity index (χ1) is 9.04. The van der Waals surface area contributed by atoms with Crippen molar-refractivity contribution in [3.8, 4) is 5.75 Å². The molecule has 1 amide bonds. The molecule has 1 heterocycles. The lowest BCUT2D eigenvalue weighted by Gasteiger charge is -2.35. The average Bonchev–Trinajstić information content (AvgIpc) is 2.38. The number of hydrogen-bond donors (Lipinski definition) is 3. The van der Waals surface area contributed by atoms with E-state index < -0.39 is 0 Å². The van der Waals surface area contributed by atoms with Crippen LogP contribution in [0, 0.1) is 0 Å². The summed E-state index contributed by atoms with van der Waals surface area (Å²) in [5.74, 6) is 0.399. The van der Waals surface area contributed by atoms with Gasteiger partial charge < -0.3 is 21.1 Å². The Balaban J connectivity index is 2.15. The van der Waals surface area contributed by atoms with Crippen LogP contribution < -0.4 is 21.1 Å². The van der Waals surface area contributed by atoms with Gasteiger partial charge in [0.05, 0.1) is 12.7 Å². The predicted molar refractivity (Wildman–Crippen MR) is 75.4 cm³/mol. The van der Waals surface area contributed by atoms with E-state index in [9.17, 15) is 4.79 Å². The normalized spacial score (nSPS) is 17.8. The second-order valence-electron chi connectivity index (χ2n) is 5.22. The fourth-order valence-electron chi connectivity index (χ4n) is 2.34. The lowest BCUT2D eigenvalue weighted by molar-refractivity contribution is 0.0884. The van der Waals surface area contributed by atoms with Crippen LogP contribution in [-0.4, -0.2) is 31.6 Å². The molecule has 5 nitrogen and oxygen atoms in total. The van der Waals surface area contributed by atoms with Crippen molar-refractivity contribution in [3.05, 3.63) is 23.8 Å². The molecule has 1 aromatic carbocycles. The Morgan fingerprint density at radius 1 is 1.42 bits per heavy atom. The van der Waals surface area contributed by atoms with Gasteiger partial charge >= 0.3 is 0 Å². The summed E-state index contributed by atoms with van der Waals surface area (Å²) in [6, 6.07) is 5.08. The van der Waals surface area contributed by atoms with E-state index in [1.807, 2.05) is 0 Å². The van der Waals surface area contributed by atoms with Gasteiger partial charge in [-0.05, 0) is 45.0 Å². The van der Waals surface area contributed by atoms with Crippen molar-refractivity contribution in [2.45, 2.75) is 25.3 Å². The molecule has 104 valence electrons. The Kier molecular flexibility index (Phi) is 3.95. The highest BCUT2D eigenvalue weighted by Gasteiger charge is 2.29. The Bertz CT molecular complexity index is 468. The molecule has 1 aliphatic heterocycles. The number of nitrogen functional groups attached to an aromatic ring is 1. The molecule has 0 atom stereocenters. The standard InChI is InChI=1S/C14H21N3O2/c1-14(5-7-16-8-6-14)17-13(18)11-4-3-10(15)9-12(11)19-2/h3-4,9,16H,5-8,15H2,1-2H3,(H,17,18). The first kappa shape index (κ1) is 13.7. The molecule has 0 saturated carbocycles. The number of anilines is 1. The molecule has 0 spiro atoms. The van der Waals surface area contributed by atoms with Crippen LogP contribution in [0.15, 0.2) is 18.2 Å². The molecule has 0 aliphatic carbocycles. The van der Waals surface area contributed by atoms with Crippen molar-refractivity contribution < 1.29 is 9.53 Å². The van der Waals surface area contributed by atoms with Gasteiger partial charge in [0.15, 0.2) is 0 Å². The number of methoxy groups -OCH3 is 1. The number of amides is 1. The summed E-state index contributed by atoms with van der Waals surface area (Å²) >= 11 is 0. The van der Waals surface area contributed by atoms with Crippen molar-refractivity contribution in [2.24, 2.45) is 0 Å². The number of rotatable bonds is 3. The van der Waals surface area contributed by atoms with Gasteiger partial charge in [-0.25, -0.2) is 0 Å². The van der Waals surface area contributed by atoms with Gasteiger partial charge in [0.1, 0.15) is 5.75 Å². The number of nitrogens with one attached hydrogen (secondary N) is 2. The summed E-state index contributed by atoms with van der Waals surface area (Å²) < 4.78 is 5.22. The monoisotopic (exact) mass is 263 g/mol. The molecule has 1 aromatic rings. The number of benzene rings is 1. The van der Waals surface area contributed by atoms with Crippen LogP contribution in [0.4, 0.5) is 5.69 Å². The predicted octanol–water partition coefficient (Wildman–Crippen LogP) is 1.15. The maximum absolute atomic E-state index is 12.4. The largest absolute Gasteiger partial charge is 0.496 e. The fraction of sp³-hybridized carbons (Fsp3) is 0.500. The molecular formula is C14H21N3O2. The van der Waals surface area contributed by atoms with Crippen molar-refractivity contribution in [1.29, 1.82) is 0 Å². The SMILES string of the molecule is COc1cc(N)ccc1C(=O)NC1(C)CCNCC1. The molecule has 0 unspecified atom stereocenters. The van der Waals surface area contributed by atoms with Crippen LogP contribution in [0.25, 0.3) is 0 Å². The van der Waals surface area contributed by atoms with Gasteiger partial charge in [0, 0.05) is 17.3 Å². The Morgan fingerprint density at radius 2 is 2.11 bits per heavy atom. The fourth-order valence-corrected chi connectivity index (χ4v) is 2.34. The summed E-state index contributed by atoms with van der Waals surface area (Å²) in [5, 5.41) is 6.40. The highest BCUT2D eigenvalue weighted by atomic mass is 16.5. The maximum Gasteiger partial charge on any atom is 0.255 e. The van der Waals surface area contributed by atoms with Gasteiger partial charge in [-0.15, -0.1) is 0 Å². The molecule has 5 heteroatoms. The number of piperidine rings is 1. The summed E-state index contributed by atoms with van der Waals surface area (Å²) in [6.07, 6.45) is 1.85. The molecule has 0 aromatic heterocycles. The van der Waals surface area contributed by atoms with E-state index in [0.29, 0.717) is 17.0 Å². The quantitative estimate of drug-likeness (QED) is 0.715. The molecule has 1 aliphatic rings. The van der Waals surface area contributed by atoms with E-state index >= 15 is 0 Å². The van der Waals surface area contributed by atoms with Crippen LogP contribution in [0.5, 0.6) is 5.75 Å². The smallest absolute Gasteiger partial charge is 0.255 e. The zero-order valence-electron chi connectivity index (χ0n) is 11.5. The highest BCUT2D eigenvalue weighted by molar-refractivity contribution is 5.97. The highest BCUT2D eigenvalue weighted by Crippen LogP contribution is 2.24. The molecule has 0 radical (unpaired) electrons. The molecule has 4 N–H and O–H groups in total. The molecule has 1 saturated heterocycles. The summed E-state index contributed by atoms with van der Waals surface area (Å²) in [6.45, 7) is 3.93. The van der Waals surface area contributed by atoms with Crippen molar-refractivity contribution in [3.63, 3.8) is 0 Å². The second kappa shape index (κ2) is 5.48. The van der Waals surface area contributed by atoms with E-state index in [1.54, 1.807) is 18.2 Å². The number of nitrogens with two attached hydrogens (primary N) is 1. The lowest BCUT2D eigenvalue weighted by atomic mass is 9.90. The number of carbonyl (C=O) groups excluding carboxylic acids is 1. The second-order valence-corrected chi connectivity index (χ2v) is 5.22. The zero-order valence-corrected chi connectivity index (χ0v) is 11.5. The van der Waals surface area contributed by atoms with E-state index in [0.717, 1.165) is 25.9 Å². The zero-order chi connectivity index (χ0) is 13.9. The summed E-state index contributed by atoms with van der Waals surface area (Å²) in [4.78, 5) is 12.4. The number of ether oxygens (including phenoxy) is 1. The average molecular weight is 263 g/mol. The van der Waals surface area contributed by atoms with Crippen LogP contribution >= 0.6 is 0 Å². The minimum absolute atomic E-state index is 0.110. The Labute approximate surface area is 113 Å². The van der Waals surface area contributed by atoms with E-state index in [1.165, 1.54) is 7.11 Å². The van der Waals surface area contributed by atoms with E-state index in [2.05, 4.69) is 17.6 Å². The molecule has 19 heavy (non-hydrogen) atoms. The maximum atomic E-state index is 12.4. The number of carbonyl (C=O) groups is 1. The van der Waals surface area contributed by atoms with Gasteiger partial charge in [-0.3, -0.25) is 4.79 Å². The third kappa shape index (κ3) is 3.17. The third-order valence-electron chi connectivity index (χ3n) is 3.59. The Morgan fingerprint density at radius 3 is 2.74 bits per heavy atom. The van der Waals surface area contributed by atoms with E-state index in [4.69, 9.17) is 10.5 Å². The third-order valence-corrected chi connectivity index (χ3v) is 3.59. The van der Waals surface area contributed by atoms with Crippen molar-refractivity contribution >= 4 is 11.6 Å². The van der Waals surface area contributed by atoms with Gasteiger partial charge in [0.25, 0.3) is 5.91 Å². The minimum Gasteiger partial charge on any atom is -0.496 e. The Hall–Kier alpha value is -1.75. The first-order valence-electron chi connectivity index (χ1n) is 6.51. The molecule has 2 rings (SSSR count). The first-order valence-corrected chi connectivity index (χ1v) is 6.51. The van der Waals surface area contributed by atoms with E-state index in [-0.39, 0.29) is 11.4 Å². The van der Waals surface area contributed by atoms with Crippen LogP contribution in [0.2, 0.25) is 0 Å². The van der Waals surface area contributed by atoms with Gasteiger partial charge in [0.2, 0.25) is 0 Å². The molecule has 1 fully saturated rings. The topological polar surface area (TPSA) is 76.4 Å². The van der Waals surface area contributed by atoms with Crippen molar-refractivity contribution in [1.82, 2.24) is 10.6 Å².